The Morgan fingerprint density at radius 1 is 0.885 bits per heavy atom. The van der Waals surface area contributed by atoms with E-state index in [0.717, 1.165) is 5.56 Å². The quantitative estimate of drug-likeness (QED) is 0.825. The first-order valence-electron chi connectivity index (χ1n) is 8.80. The number of aryl methyl sites for hydroxylation is 3. The highest BCUT2D eigenvalue weighted by Gasteiger charge is 2.30. The molecular weight excluding hydrogens is 348 g/mol. The number of hydrogen-bond acceptors (Lipinski definition) is 4. The second-order valence-corrected chi connectivity index (χ2v) is 8.67. The summed E-state index contributed by atoms with van der Waals surface area (Å²) in [6.07, 6.45) is 0. The van der Waals surface area contributed by atoms with Crippen LogP contribution in [0.5, 0.6) is 5.75 Å². The number of nitrogens with zero attached hydrogens (tertiary/aromatic N) is 2. The van der Waals surface area contributed by atoms with Crippen molar-refractivity contribution < 1.29 is 13.2 Å². The molecule has 0 spiro atoms. The Kier molecular flexibility index (Phi) is 5.25. The van der Waals surface area contributed by atoms with Gasteiger partial charge in [-0.05, 0) is 55.7 Å². The molecule has 0 radical (unpaired) electrons. The molecule has 0 atom stereocenters. The standard InChI is InChI=1S/C20H26N2O3S/c1-15-7-5-6-8-18(15)21-9-11-22(12-10-21)26(23,24)20-14-16(2)19(25-4)13-17(20)3/h5-8,13-14H,9-12H2,1-4H3. The van der Waals surface area contributed by atoms with E-state index in [-0.39, 0.29) is 0 Å². The fourth-order valence-corrected chi connectivity index (χ4v) is 5.20. The summed E-state index contributed by atoms with van der Waals surface area (Å²) in [5.74, 6) is 0.714. The van der Waals surface area contributed by atoms with Crippen LogP contribution in [0.15, 0.2) is 41.3 Å². The van der Waals surface area contributed by atoms with Crippen molar-refractivity contribution in [3.8, 4) is 5.75 Å². The zero-order chi connectivity index (χ0) is 18.9. The number of rotatable bonds is 4. The summed E-state index contributed by atoms with van der Waals surface area (Å²) < 4.78 is 33.2. The number of para-hydroxylation sites is 1. The Morgan fingerprint density at radius 2 is 1.54 bits per heavy atom. The third-order valence-corrected chi connectivity index (χ3v) is 7.05. The van der Waals surface area contributed by atoms with Crippen molar-refractivity contribution in [1.29, 1.82) is 0 Å². The molecule has 5 nitrogen and oxygen atoms in total. The van der Waals surface area contributed by atoms with Crippen molar-refractivity contribution in [3.63, 3.8) is 0 Å². The molecule has 0 bridgehead atoms. The monoisotopic (exact) mass is 374 g/mol. The molecule has 0 unspecified atom stereocenters. The number of hydrogen-bond donors (Lipinski definition) is 0. The van der Waals surface area contributed by atoms with Crippen molar-refractivity contribution in [1.82, 2.24) is 4.31 Å². The number of anilines is 1. The molecule has 2 aromatic carbocycles. The molecule has 3 rings (SSSR count). The predicted octanol–water partition coefficient (Wildman–Crippen LogP) is 3.13. The lowest BCUT2D eigenvalue weighted by Crippen LogP contribution is -2.49. The minimum absolute atomic E-state index is 0.375. The Bertz CT molecular complexity index is 901. The van der Waals surface area contributed by atoms with Gasteiger partial charge in [0.2, 0.25) is 10.0 Å². The van der Waals surface area contributed by atoms with E-state index in [1.807, 2.05) is 26.0 Å². The molecule has 1 saturated heterocycles. The van der Waals surface area contributed by atoms with E-state index in [2.05, 4.69) is 24.0 Å². The Balaban J connectivity index is 1.81. The summed E-state index contributed by atoms with van der Waals surface area (Å²) in [6.45, 7) is 8.13. The van der Waals surface area contributed by atoms with Gasteiger partial charge < -0.3 is 9.64 Å². The summed E-state index contributed by atoms with van der Waals surface area (Å²) >= 11 is 0. The van der Waals surface area contributed by atoms with E-state index in [0.29, 0.717) is 42.4 Å². The average Bonchev–Trinajstić information content (AvgIpc) is 2.63. The molecule has 1 heterocycles. The highest BCUT2D eigenvalue weighted by molar-refractivity contribution is 7.89. The maximum atomic E-state index is 13.1. The van der Waals surface area contributed by atoms with Crippen LogP contribution in [0.4, 0.5) is 5.69 Å². The Morgan fingerprint density at radius 3 is 2.15 bits per heavy atom. The molecular formula is C20H26N2O3S. The maximum absolute atomic E-state index is 13.1. The van der Waals surface area contributed by atoms with Gasteiger partial charge >= 0.3 is 0 Å². The summed E-state index contributed by atoms with van der Waals surface area (Å²) in [5, 5.41) is 0. The van der Waals surface area contributed by atoms with Crippen LogP contribution in [0.25, 0.3) is 0 Å². The second kappa shape index (κ2) is 7.29. The van der Waals surface area contributed by atoms with Gasteiger partial charge in [-0.25, -0.2) is 8.42 Å². The van der Waals surface area contributed by atoms with Crippen LogP contribution >= 0.6 is 0 Å². The largest absolute Gasteiger partial charge is 0.496 e. The predicted molar refractivity (Wildman–Crippen MR) is 105 cm³/mol. The highest BCUT2D eigenvalue weighted by atomic mass is 32.2. The van der Waals surface area contributed by atoms with Gasteiger partial charge in [0.15, 0.2) is 0 Å². The van der Waals surface area contributed by atoms with E-state index in [9.17, 15) is 8.42 Å². The minimum Gasteiger partial charge on any atom is -0.496 e. The summed E-state index contributed by atoms with van der Waals surface area (Å²) in [4.78, 5) is 2.63. The third kappa shape index (κ3) is 3.44. The van der Waals surface area contributed by atoms with Crippen molar-refractivity contribution in [2.75, 3.05) is 38.2 Å². The van der Waals surface area contributed by atoms with Crippen LogP contribution in [0.1, 0.15) is 16.7 Å². The fraction of sp³-hybridized carbons (Fsp3) is 0.400. The first kappa shape index (κ1) is 18.7. The lowest BCUT2D eigenvalue weighted by molar-refractivity contribution is 0.384. The lowest BCUT2D eigenvalue weighted by Gasteiger charge is -2.36. The van der Waals surface area contributed by atoms with E-state index in [1.165, 1.54) is 11.3 Å². The molecule has 2 aromatic rings. The lowest BCUT2D eigenvalue weighted by atomic mass is 10.1. The molecule has 26 heavy (non-hydrogen) atoms. The molecule has 0 aromatic heterocycles. The van der Waals surface area contributed by atoms with Gasteiger partial charge in [0.25, 0.3) is 0 Å². The van der Waals surface area contributed by atoms with E-state index < -0.39 is 10.0 Å². The first-order valence-corrected chi connectivity index (χ1v) is 10.2. The molecule has 0 aliphatic carbocycles. The van der Waals surface area contributed by atoms with Crippen molar-refractivity contribution in [3.05, 3.63) is 53.1 Å². The number of sulfonamides is 1. The van der Waals surface area contributed by atoms with E-state index in [1.54, 1.807) is 23.5 Å². The van der Waals surface area contributed by atoms with Crippen LogP contribution < -0.4 is 9.64 Å². The van der Waals surface area contributed by atoms with Crippen LogP contribution in [0.3, 0.4) is 0 Å². The average molecular weight is 375 g/mol. The number of methoxy groups -OCH3 is 1. The number of ether oxygens (including phenoxy) is 1. The van der Waals surface area contributed by atoms with Gasteiger partial charge in [-0.15, -0.1) is 0 Å². The number of piperazine rings is 1. The molecule has 0 amide bonds. The smallest absolute Gasteiger partial charge is 0.243 e. The summed E-state index contributed by atoms with van der Waals surface area (Å²) in [7, 11) is -1.91. The van der Waals surface area contributed by atoms with Crippen molar-refractivity contribution >= 4 is 15.7 Å². The van der Waals surface area contributed by atoms with Crippen molar-refractivity contribution in [2.45, 2.75) is 25.7 Å². The molecule has 6 heteroatoms. The Labute approximate surface area is 156 Å². The molecule has 1 aliphatic rings. The normalized spacial score (nSPS) is 15.9. The molecule has 1 aliphatic heterocycles. The van der Waals surface area contributed by atoms with Gasteiger partial charge in [0.1, 0.15) is 5.75 Å². The molecule has 140 valence electrons. The van der Waals surface area contributed by atoms with Crippen LogP contribution in [-0.4, -0.2) is 46.0 Å². The molecule has 0 N–H and O–H groups in total. The van der Waals surface area contributed by atoms with Gasteiger partial charge in [0, 0.05) is 31.9 Å². The zero-order valence-corrected chi connectivity index (χ0v) is 16.6. The molecule has 0 saturated carbocycles. The van der Waals surface area contributed by atoms with Crippen molar-refractivity contribution in [2.24, 2.45) is 0 Å². The SMILES string of the molecule is COc1cc(C)c(S(=O)(=O)N2CCN(c3ccccc3C)CC2)cc1C. The van der Waals surface area contributed by atoms with Gasteiger partial charge in [0.05, 0.1) is 12.0 Å². The van der Waals surface area contributed by atoms with Gasteiger partial charge in [-0.2, -0.15) is 4.31 Å². The van der Waals surface area contributed by atoms with Gasteiger partial charge in [-0.1, -0.05) is 18.2 Å². The first-order chi connectivity index (χ1) is 12.3. The summed E-state index contributed by atoms with van der Waals surface area (Å²) in [5.41, 5.74) is 3.94. The minimum atomic E-state index is -3.50. The summed E-state index contributed by atoms with van der Waals surface area (Å²) in [6, 6.07) is 11.7. The van der Waals surface area contributed by atoms with Crippen LogP contribution in [-0.2, 0) is 10.0 Å². The fourth-order valence-electron chi connectivity index (χ4n) is 3.49. The van der Waals surface area contributed by atoms with E-state index in [4.69, 9.17) is 4.74 Å². The molecule has 1 fully saturated rings. The topological polar surface area (TPSA) is 49.9 Å². The van der Waals surface area contributed by atoms with Gasteiger partial charge in [-0.3, -0.25) is 0 Å². The number of benzene rings is 2. The zero-order valence-electron chi connectivity index (χ0n) is 15.8. The third-order valence-electron chi connectivity index (χ3n) is 5.01. The maximum Gasteiger partial charge on any atom is 0.243 e. The van der Waals surface area contributed by atoms with Crippen LogP contribution in [0.2, 0.25) is 0 Å². The second-order valence-electron chi connectivity index (χ2n) is 6.76. The Hall–Kier alpha value is -2.05. The highest BCUT2D eigenvalue weighted by Crippen LogP contribution is 2.29. The van der Waals surface area contributed by atoms with E-state index >= 15 is 0 Å². The van der Waals surface area contributed by atoms with Crippen LogP contribution in [0, 0.1) is 20.8 Å².